The lowest BCUT2D eigenvalue weighted by Gasteiger charge is -2.39. The van der Waals surface area contributed by atoms with Gasteiger partial charge >= 0.3 is 0 Å². The van der Waals surface area contributed by atoms with Crippen LogP contribution in [-0.4, -0.2) is 69.5 Å². The van der Waals surface area contributed by atoms with E-state index < -0.39 is 6.04 Å². The lowest BCUT2D eigenvalue weighted by atomic mass is 9.99. The molecule has 4 heterocycles. The zero-order valence-electron chi connectivity index (χ0n) is 18.3. The van der Waals surface area contributed by atoms with Gasteiger partial charge in [-0.05, 0) is 18.6 Å². The molecular weight excluding hydrogens is 420 g/mol. The summed E-state index contributed by atoms with van der Waals surface area (Å²) in [5, 5.41) is 10.1. The fourth-order valence-electron chi connectivity index (χ4n) is 4.80. The molecule has 3 amide bonds. The van der Waals surface area contributed by atoms with Crippen LogP contribution < -0.4 is 10.6 Å². The highest BCUT2D eigenvalue weighted by molar-refractivity contribution is 6.06. The minimum atomic E-state index is -0.595. The van der Waals surface area contributed by atoms with Gasteiger partial charge in [-0.15, -0.1) is 6.42 Å². The number of carbonyl (C=O) groups excluding carboxylic acids is 3. The summed E-state index contributed by atoms with van der Waals surface area (Å²) in [4.78, 5) is 40.6. The number of imide groups is 1. The number of fused-ring (bicyclic) bond motifs is 1. The third-order valence-corrected chi connectivity index (χ3v) is 6.64. The summed E-state index contributed by atoms with van der Waals surface area (Å²) in [6, 6.07) is 5.06. The molecule has 2 saturated heterocycles. The van der Waals surface area contributed by atoms with Crippen molar-refractivity contribution in [3.8, 4) is 12.3 Å². The van der Waals surface area contributed by atoms with Crippen LogP contribution in [0.1, 0.15) is 34.3 Å². The molecule has 0 radical (unpaired) electrons. The van der Waals surface area contributed by atoms with E-state index in [0.717, 1.165) is 49.5 Å². The summed E-state index contributed by atoms with van der Waals surface area (Å²) in [5.41, 5.74) is 3.29. The van der Waals surface area contributed by atoms with Crippen LogP contribution in [0.3, 0.4) is 0 Å². The summed E-state index contributed by atoms with van der Waals surface area (Å²) in [6.45, 7) is 4.95. The molecule has 5 rings (SSSR count). The van der Waals surface area contributed by atoms with Gasteiger partial charge < -0.3 is 15.1 Å². The molecule has 2 aromatic rings. The molecule has 2 N–H and O–H groups in total. The molecule has 9 heteroatoms. The predicted molar refractivity (Wildman–Crippen MR) is 121 cm³/mol. The van der Waals surface area contributed by atoms with Crippen molar-refractivity contribution in [1.29, 1.82) is 0 Å². The molecule has 9 nitrogen and oxygen atoms in total. The number of hydrogen-bond acceptors (Lipinski definition) is 6. The molecule has 1 aromatic heterocycles. The van der Waals surface area contributed by atoms with E-state index in [0.29, 0.717) is 24.4 Å². The number of piperidine rings is 1. The number of likely N-dealkylation sites (tertiary alicyclic amines) is 1. The Morgan fingerprint density at radius 3 is 2.82 bits per heavy atom. The fraction of sp³-hybridized carbons (Fsp3) is 0.417. The maximum absolute atomic E-state index is 12.9. The summed E-state index contributed by atoms with van der Waals surface area (Å²) in [5.74, 6) is 2.30. The van der Waals surface area contributed by atoms with Gasteiger partial charge in [-0.25, -0.2) is 0 Å². The maximum Gasteiger partial charge on any atom is 0.255 e. The van der Waals surface area contributed by atoms with E-state index in [2.05, 4.69) is 26.6 Å². The van der Waals surface area contributed by atoms with Gasteiger partial charge in [0.25, 0.3) is 5.91 Å². The number of carbonyl (C=O) groups is 3. The number of rotatable bonds is 7. The molecule has 1 atom stereocenters. The third-order valence-electron chi connectivity index (χ3n) is 6.64. The second-order valence-corrected chi connectivity index (χ2v) is 8.87. The Labute approximate surface area is 192 Å². The van der Waals surface area contributed by atoms with Crippen LogP contribution in [0.25, 0.3) is 0 Å². The minimum absolute atomic E-state index is 0.149. The molecule has 0 saturated carbocycles. The molecule has 170 valence electrons. The van der Waals surface area contributed by atoms with Crippen molar-refractivity contribution in [2.24, 2.45) is 5.92 Å². The van der Waals surface area contributed by atoms with Gasteiger partial charge in [-0.3, -0.25) is 24.4 Å². The molecule has 0 aliphatic carbocycles. The maximum atomic E-state index is 12.9. The second kappa shape index (κ2) is 8.71. The first-order valence-electron chi connectivity index (χ1n) is 11.2. The molecule has 1 unspecified atom stereocenters. The first kappa shape index (κ1) is 21.2. The van der Waals surface area contributed by atoms with Crippen LogP contribution in [0.4, 0.5) is 5.69 Å². The summed E-state index contributed by atoms with van der Waals surface area (Å²) in [7, 11) is 0. The van der Waals surface area contributed by atoms with Crippen molar-refractivity contribution in [1.82, 2.24) is 24.9 Å². The summed E-state index contributed by atoms with van der Waals surface area (Å²) >= 11 is 0. The van der Waals surface area contributed by atoms with Crippen molar-refractivity contribution >= 4 is 23.4 Å². The molecule has 2 fully saturated rings. The summed E-state index contributed by atoms with van der Waals surface area (Å²) in [6.07, 6.45) is 9.59. The normalized spacial score (nSPS) is 20.9. The Morgan fingerprint density at radius 1 is 1.21 bits per heavy atom. The Balaban J connectivity index is 1.13. The third kappa shape index (κ3) is 4.22. The van der Waals surface area contributed by atoms with Gasteiger partial charge in [0.05, 0.1) is 18.3 Å². The van der Waals surface area contributed by atoms with E-state index in [1.165, 1.54) is 0 Å². The average molecular weight is 447 g/mol. The zero-order valence-corrected chi connectivity index (χ0v) is 18.3. The molecule has 1 aromatic carbocycles. The van der Waals surface area contributed by atoms with Crippen molar-refractivity contribution in [2.45, 2.75) is 32.0 Å². The fourth-order valence-corrected chi connectivity index (χ4v) is 4.80. The van der Waals surface area contributed by atoms with E-state index in [1.54, 1.807) is 17.2 Å². The van der Waals surface area contributed by atoms with Crippen LogP contribution in [0.15, 0.2) is 30.6 Å². The molecule has 3 aliphatic rings. The molecule has 0 bridgehead atoms. The quantitative estimate of drug-likeness (QED) is 0.479. The Bertz CT molecular complexity index is 1140. The van der Waals surface area contributed by atoms with Crippen LogP contribution in [0.5, 0.6) is 0 Å². The van der Waals surface area contributed by atoms with E-state index in [1.807, 2.05) is 23.0 Å². The smallest absolute Gasteiger partial charge is 0.255 e. The minimum Gasteiger partial charge on any atom is -0.384 e. The predicted octanol–water partition coefficient (Wildman–Crippen LogP) is 0.669. The molecule has 3 aliphatic heterocycles. The van der Waals surface area contributed by atoms with E-state index >= 15 is 0 Å². The number of anilines is 1. The Hall–Kier alpha value is -3.64. The SMILES string of the molecule is C#Cc1cnn(CCN2CC(CNc3cccc4c3CN(C3CCC(=O)NC3=O)C4=O)C2)c1. The van der Waals surface area contributed by atoms with Crippen LogP contribution in [-0.2, 0) is 22.7 Å². The van der Waals surface area contributed by atoms with Crippen LogP contribution in [0, 0.1) is 18.3 Å². The zero-order chi connectivity index (χ0) is 22.9. The highest BCUT2D eigenvalue weighted by Crippen LogP contribution is 2.32. The average Bonchev–Trinajstić information content (AvgIpc) is 3.37. The van der Waals surface area contributed by atoms with Crippen molar-refractivity contribution in [3.63, 3.8) is 0 Å². The Morgan fingerprint density at radius 2 is 2.06 bits per heavy atom. The van der Waals surface area contributed by atoms with Crippen molar-refractivity contribution in [3.05, 3.63) is 47.3 Å². The standard InChI is InChI=1S/C24H26N6O3/c1-2-16-11-26-29(14-16)9-8-28-12-17(13-28)10-25-20-5-3-4-18-19(20)15-30(24(18)33)21-6-7-22(31)27-23(21)32/h1,3-5,11,14,17,21,25H,6-10,12-13,15H2,(H,27,31,32). The highest BCUT2D eigenvalue weighted by Gasteiger charge is 2.40. The monoisotopic (exact) mass is 446 g/mol. The molecule has 33 heavy (non-hydrogen) atoms. The molecular formula is C24H26N6O3. The number of terminal acetylenes is 1. The van der Waals surface area contributed by atoms with Gasteiger partial charge in [0, 0.05) is 68.1 Å². The summed E-state index contributed by atoms with van der Waals surface area (Å²) < 4.78 is 1.87. The Kier molecular flexibility index (Phi) is 5.60. The van der Waals surface area contributed by atoms with Crippen molar-refractivity contribution < 1.29 is 14.4 Å². The number of nitrogens with one attached hydrogen (secondary N) is 2. The topological polar surface area (TPSA) is 99.6 Å². The lowest BCUT2D eigenvalue weighted by Crippen LogP contribution is -2.52. The van der Waals surface area contributed by atoms with Gasteiger partial charge in [0.1, 0.15) is 6.04 Å². The van der Waals surface area contributed by atoms with E-state index in [-0.39, 0.29) is 24.1 Å². The number of benzene rings is 1. The van der Waals surface area contributed by atoms with Gasteiger partial charge in [0.2, 0.25) is 11.8 Å². The second-order valence-electron chi connectivity index (χ2n) is 8.87. The molecule has 0 spiro atoms. The highest BCUT2D eigenvalue weighted by atomic mass is 16.2. The van der Waals surface area contributed by atoms with Gasteiger partial charge in [0.15, 0.2) is 0 Å². The van der Waals surface area contributed by atoms with Crippen molar-refractivity contribution in [2.75, 3.05) is 31.5 Å². The van der Waals surface area contributed by atoms with E-state index in [4.69, 9.17) is 6.42 Å². The van der Waals surface area contributed by atoms with Gasteiger partial charge in [-0.1, -0.05) is 12.0 Å². The first-order chi connectivity index (χ1) is 16.0. The first-order valence-corrected chi connectivity index (χ1v) is 11.2. The lowest BCUT2D eigenvalue weighted by molar-refractivity contribution is -0.136. The van der Waals surface area contributed by atoms with Crippen LogP contribution >= 0.6 is 0 Å². The number of nitrogens with zero attached hydrogens (tertiary/aromatic N) is 4. The number of aromatic nitrogens is 2. The van der Waals surface area contributed by atoms with Gasteiger partial charge in [-0.2, -0.15) is 5.10 Å². The van der Waals surface area contributed by atoms with E-state index in [9.17, 15) is 14.4 Å². The largest absolute Gasteiger partial charge is 0.384 e. The number of hydrogen-bond donors (Lipinski definition) is 2. The number of amides is 3. The van der Waals surface area contributed by atoms with Crippen LogP contribution in [0.2, 0.25) is 0 Å².